The van der Waals surface area contributed by atoms with Crippen LogP contribution in [0.3, 0.4) is 0 Å². The lowest BCUT2D eigenvalue weighted by Gasteiger charge is -2.26. The highest BCUT2D eigenvalue weighted by Gasteiger charge is 2.17. The molecule has 0 radical (unpaired) electrons. The fourth-order valence-corrected chi connectivity index (χ4v) is 3.98. The minimum Gasteiger partial charge on any atom is -0.305 e. The van der Waals surface area contributed by atoms with Crippen molar-refractivity contribution in [2.24, 2.45) is 0 Å². The number of benzene rings is 2. The zero-order valence-corrected chi connectivity index (χ0v) is 16.5. The molecule has 0 spiro atoms. The predicted molar refractivity (Wildman–Crippen MR) is 113 cm³/mol. The summed E-state index contributed by atoms with van der Waals surface area (Å²) in [4.78, 5) is 29.9. The first-order valence-corrected chi connectivity index (χ1v) is 9.94. The van der Waals surface area contributed by atoms with Gasteiger partial charge in [-0.25, -0.2) is 9.18 Å². The van der Waals surface area contributed by atoms with E-state index in [0.29, 0.717) is 17.5 Å². The van der Waals surface area contributed by atoms with Crippen molar-refractivity contribution in [1.82, 2.24) is 14.5 Å². The Morgan fingerprint density at radius 3 is 2.79 bits per heavy atom. The normalized spacial score (nSPS) is 14.9. The van der Waals surface area contributed by atoms with Gasteiger partial charge in [0.05, 0.1) is 11.0 Å². The quantitative estimate of drug-likeness (QED) is 0.645. The van der Waals surface area contributed by atoms with Gasteiger partial charge >= 0.3 is 5.69 Å². The topological polar surface area (TPSA) is 58.1 Å². The number of para-hydroxylation sites is 2. The van der Waals surface area contributed by atoms with Gasteiger partial charge in [0.25, 0.3) is 0 Å². The molecule has 0 unspecified atom stereocenters. The number of H-pyrrole nitrogens is 1. The number of carbonyl (C=O) groups is 1. The molecule has 1 aliphatic heterocycles. The highest BCUT2D eigenvalue weighted by molar-refractivity contribution is 5.97. The van der Waals surface area contributed by atoms with Gasteiger partial charge in [-0.15, -0.1) is 0 Å². The number of ketones is 1. The van der Waals surface area contributed by atoms with E-state index < -0.39 is 0 Å². The Bertz CT molecular complexity index is 1140. The Labute approximate surface area is 168 Å². The van der Waals surface area contributed by atoms with Crippen LogP contribution in [0, 0.1) is 12.7 Å². The number of halogens is 1. The summed E-state index contributed by atoms with van der Waals surface area (Å²) in [5.74, 6) is -0.259. The summed E-state index contributed by atoms with van der Waals surface area (Å²) in [5, 5.41) is 0. The standard InChI is InChI=1S/C23H24FN3O2/c1-16-15-17(24)8-9-19(16)22(28)7-4-12-26-13-10-18(11-14-26)27-21-6-3-2-5-20(21)25-23(27)29/h2-3,5-6,8-10,15H,4,7,11-14H2,1H3,(H,25,29). The van der Waals surface area contributed by atoms with Crippen LogP contribution in [0.25, 0.3) is 16.7 Å². The fraction of sp³-hybridized carbons (Fsp3) is 0.304. The van der Waals surface area contributed by atoms with Crippen molar-refractivity contribution < 1.29 is 9.18 Å². The molecule has 2 aromatic carbocycles. The van der Waals surface area contributed by atoms with Gasteiger partial charge in [0.15, 0.2) is 5.78 Å². The molecular weight excluding hydrogens is 369 g/mol. The van der Waals surface area contributed by atoms with Crippen molar-refractivity contribution in [2.45, 2.75) is 26.2 Å². The number of fused-ring (bicyclic) bond motifs is 1. The molecule has 29 heavy (non-hydrogen) atoms. The highest BCUT2D eigenvalue weighted by Crippen LogP contribution is 2.20. The van der Waals surface area contributed by atoms with E-state index in [0.717, 1.165) is 49.2 Å². The van der Waals surface area contributed by atoms with Crippen LogP contribution < -0.4 is 5.69 Å². The molecule has 6 heteroatoms. The SMILES string of the molecule is Cc1cc(F)ccc1C(=O)CCCN1CC=C(n2c(=O)[nH]c3ccccc32)CC1. The average Bonchev–Trinajstić information content (AvgIpc) is 3.04. The monoisotopic (exact) mass is 393 g/mol. The minimum absolute atomic E-state index is 0.0566. The van der Waals surface area contributed by atoms with Crippen LogP contribution in [-0.2, 0) is 0 Å². The number of imidazole rings is 1. The van der Waals surface area contributed by atoms with Crippen LogP contribution in [0.15, 0.2) is 53.3 Å². The van der Waals surface area contributed by atoms with E-state index in [-0.39, 0.29) is 17.3 Å². The van der Waals surface area contributed by atoms with Crippen LogP contribution >= 0.6 is 0 Å². The predicted octanol–water partition coefficient (Wildman–Crippen LogP) is 3.99. The van der Waals surface area contributed by atoms with Gasteiger partial charge in [-0.1, -0.05) is 18.2 Å². The van der Waals surface area contributed by atoms with Crippen molar-refractivity contribution >= 4 is 22.5 Å². The Morgan fingerprint density at radius 1 is 1.21 bits per heavy atom. The first kappa shape index (κ1) is 19.3. The second-order valence-corrected chi connectivity index (χ2v) is 7.51. The molecule has 0 saturated carbocycles. The number of carbonyl (C=O) groups excluding carboxylic acids is 1. The Hall–Kier alpha value is -2.99. The van der Waals surface area contributed by atoms with Crippen LogP contribution in [0.5, 0.6) is 0 Å². The second kappa shape index (κ2) is 8.17. The van der Waals surface area contributed by atoms with Crippen molar-refractivity contribution in [3.8, 4) is 0 Å². The molecule has 0 fully saturated rings. The van der Waals surface area contributed by atoms with E-state index in [1.165, 1.54) is 12.1 Å². The number of aryl methyl sites for hydroxylation is 1. The molecule has 2 heterocycles. The number of Topliss-reactive ketones (excluding diaryl/α,β-unsaturated/α-hetero) is 1. The third kappa shape index (κ3) is 4.07. The number of hydrogen-bond acceptors (Lipinski definition) is 3. The zero-order valence-electron chi connectivity index (χ0n) is 16.5. The van der Waals surface area contributed by atoms with Gasteiger partial charge in [-0.2, -0.15) is 0 Å². The number of nitrogens with one attached hydrogen (secondary N) is 1. The zero-order chi connectivity index (χ0) is 20.4. The van der Waals surface area contributed by atoms with Crippen LogP contribution in [0.2, 0.25) is 0 Å². The molecule has 150 valence electrons. The lowest BCUT2D eigenvalue weighted by Crippen LogP contribution is -2.32. The van der Waals surface area contributed by atoms with E-state index in [2.05, 4.69) is 16.0 Å². The van der Waals surface area contributed by atoms with E-state index in [1.807, 2.05) is 24.3 Å². The van der Waals surface area contributed by atoms with Gasteiger partial charge in [0, 0.05) is 37.2 Å². The summed E-state index contributed by atoms with van der Waals surface area (Å²) in [5.41, 5.74) is 3.94. The Morgan fingerprint density at radius 2 is 2.03 bits per heavy atom. The molecule has 0 aliphatic carbocycles. The van der Waals surface area contributed by atoms with Gasteiger partial charge < -0.3 is 4.98 Å². The number of nitrogens with zero attached hydrogens (tertiary/aromatic N) is 2. The molecule has 0 saturated heterocycles. The van der Waals surface area contributed by atoms with Crippen molar-refractivity contribution in [2.75, 3.05) is 19.6 Å². The largest absolute Gasteiger partial charge is 0.330 e. The van der Waals surface area contributed by atoms with Gasteiger partial charge in [-0.05, 0) is 55.8 Å². The van der Waals surface area contributed by atoms with Crippen molar-refractivity contribution in [3.05, 3.63) is 76.0 Å². The van der Waals surface area contributed by atoms with E-state index in [1.54, 1.807) is 17.6 Å². The maximum Gasteiger partial charge on any atom is 0.330 e. The molecule has 1 aromatic heterocycles. The third-order valence-electron chi connectivity index (χ3n) is 5.51. The second-order valence-electron chi connectivity index (χ2n) is 7.51. The highest BCUT2D eigenvalue weighted by atomic mass is 19.1. The molecular formula is C23H24FN3O2. The molecule has 1 aliphatic rings. The first-order chi connectivity index (χ1) is 14.0. The summed E-state index contributed by atoms with van der Waals surface area (Å²) in [6, 6.07) is 12.0. The van der Waals surface area contributed by atoms with Crippen LogP contribution in [0.1, 0.15) is 35.2 Å². The van der Waals surface area contributed by atoms with E-state index >= 15 is 0 Å². The summed E-state index contributed by atoms with van der Waals surface area (Å²) in [7, 11) is 0. The van der Waals surface area contributed by atoms with Crippen LogP contribution in [-0.4, -0.2) is 39.9 Å². The number of aromatic amines is 1. The van der Waals surface area contributed by atoms with Crippen LogP contribution in [0.4, 0.5) is 4.39 Å². The molecule has 0 bridgehead atoms. The summed E-state index contributed by atoms with van der Waals surface area (Å²) >= 11 is 0. The van der Waals surface area contributed by atoms with Gasteiger partial charge in [0.1, 0.15) is 5.82 Å². The molecule has 1 N–H and O–H groups in total. The summed E-state index contributed by atoms with van der Waals surface area (Å²) in [6.07, 6.45) is 4.08. The van der Waals surface area contributed by atoms with Crippen molar-refractivity contribution in [3.63, 3.8) is 0 Å². The average molecular weight is 393 g/mol. The fourth-order valence-electron chi connectivity index (χ4n) is 3.98. The minimum atomic E-state index is -0.315. The maximum atomic E-state index is 13.2. The Kier molecular flexibility index (Phi) is 5.45. The molecule has 3 aromatic rings. The number of aromatic nitrogens is 2. The van der Waals surface area contributed by atoms with Gasteiger partial charge in [0.2, 0.25) is 0 Å². The first-order valence-electron chi connectivity index (χ1n) is 9.94. The summed E-state index contributed by atoms with van der Waals surface area (Å²) in [6.45, 7) is 4.19. The van der Waals surface area contributed by atoms with E-state index in [4.69, 9.17) is 0 Å². The number of rotatable bonds is 6. The van der Waals surface area contributed by atoms with Gasteiger partial charge in [-0.3, -0.25) is 14.3 Å². The third-order valence-corrected chi connectivity index (χ3v) is 5.51. The summed E-state index contributed by atoms with van der Waals surface area (Å²) < 4.78 is 15.0. The van der Waals surface area contributed by atoms with E-state index in [9.17, 15) is 14.0 Å². The molecule has 0 amide bonds. The lowest BCUT2D eigenvalue weighted by atomic mass is 10.0. The molecule has 4 rings (SSSR count). The Balaban J connectivity index is 1.35. The smallest absolute Gasteiger partial charge is 0.305 e. The van der Waals surface area contributed by atoms with Crippen molar-refractivity contribution in [1.29, 1.82) is 0 Å². The maximum absolute atomic E-state index is 13.2. The lowest BCUT2D eigenvalue weighted by molar-refractivity contribution is 0.0974. The number of hydrogen-bond donors (Lipinski definition) is 1. The molecule has 5 nitrogen and oxygen atoms in total. The molecule has 0 atom stereocenters.